The molecule has 4 N–H and O–H groups in total. The molecule has 9 nitrogen and oxygen atoms in total. The summed E-state index contributed by atoms with van der Waals surface area (Å²) in [5, 5.41) is 10.6. The van der Waals surface area contributed by atoms with E-state index in [1.807, 2.05) is 20.8 Å². The van der Waals surface area contributed by atoms with Gasteiger partial charge in [-0.25, -0.2) is 19.2 Å². The average Bonchev–Trinajstić information content (AvgIpc) is 3.20. The van der Waals surface area contributed by atoms with Gasteiger partial charge in [0.05, 0.1) is 18.5 Å². The molecule has 2 aromatic heterocycles. The number of ether oxygens (including phenoxy) is 1. The van der Waals surface area contributed by atoms with Gasteiger partial charge in [0.25, 0.3) is 0 Å². The first-order valence-electron chi connectivity index (χ1n) is 9.95. The fraction of sp³-hybridized carbons (Fsp3) is 0.333. The van der Waals surface area contributed by atoms with Gasteiger partial charge in [0.1, 0.15) is 5.69 Å². The van der Waals surface area contributed by atoms with Gasteiger partial charge in [0.2, 0.25) is 5.95 Å². The molecule has 11 heteroatoms. The van der Waals surface area contributed by atoms with Crippen molar-refractivity contribution in [2.24, 2.45) is 0 Å². The van der Waals surface area contributed by atoms with Gasteiger partial charge in [-0.3, -0.25) is 4.68 Å². The lowest BCUT2D eigenvalue weighted by atomic mass is 10.0. The van der Waals surface area contributed by atoms with Crippen LogP contribution in [0.2, 0.25) is 5.02 Å². The summed E-state index contributed by atoms with van der Waals surface area (Å²) >= 11 is 6.13. The zero-order valence-corrected chi connectivity index (χ0v) is 18.9. The summed E-state index contributed by atoms with van der Waals surface area (Å²) in [5.74, 6) is -0.244. The van der Waals surface area contributed by atoms with E-state index in [4.69, 9.17) is 17.3 Å². The highest BCUT2D eigenvalue weighted by atomic mass is 35.5. The van der Waals surface area contributed by atoms with Crippen molar-refractivity contribution in [1.82, 2.24) is 25.1 Å². The van der Waals surface area contributed by atoms with Crippen LogP contribution in [0, 0.1) is 5.82 Å². The Labute approximate surface area is 190 Å². The molecule has 1 atom stereocenters. The number of nitrogens with two attached hydrogens (primary N) is 1. The van der Waals surface area contributed by atoms with Crippen molar-refractivity contribution in [2.75, 3.05) is 24.7 Å². The van der Waals surface area contributed by atoms with Crippen molar-refractivity contribution in [3.63, 3.8) is 0 Å². The van der Waals surface area contributed by atoms with Crippen molar-refractivity contribution in [2.45, 2.75) is 32.9 Å². The Morgan fingerprint density at radius 1 is 1.31 bits per heavy atom. The highest BCUT2D eigenvalue weighted by molar-refractivity contribution is 6.31. The predicted molar refractivity (Wildman–Crippen MR) is 122 cm³/mol. The highest BCUT2D eigenvalue weighted by Gasteiger charge is 2.21. The van der Waals surface area contributed by atoms with Crippen molar-refractivity contribution in [1.29, 1.82) is 0 Å². The van der Waals surface area contributed by atoms with Gasteiger partial charge in [-0.05, 0) is 39.0 Å². The standard InChI is InChI=1S/C21H25ClFN7O2/c1-11(2)30-10-15(14-7-13(22)8-16(24)18(14)23)19(29-30)17-5-6-25-20(28-17)26-9-12(3)27-21(31)32-4/h5-8,10-12H,9,24H2,1-4H3,(H,27,31)(H,25,26,28)/t12-/m0/s1. The number of nitrogen functional groups attached to an aromatic ring is 1. The number of benzene rings is 1. The van der Waals surface area contributed by atoms with Crippen LogP contribution in [0.1, 0.15) is 26.8 Å². The number of halogens is 2. The van der Waals surface area contributed by atoms with E-state index in [0.717, 1.165) is 0 Å². The third-order valence-electron chi connectivity index (χ3n) is 4.63. The Bertz CT molecular complexity index is 1120. The normalized spacial score (nSPS) is 12.0. The molecule has 0 saturated carbocycles. The third-order valence-corrected chi connectivity index (χ3v) is 4.85. The molecule has 0 unspecified atom stereocenters. The molecule has 0 fully saturated rings. The van der Waals surface area contributed by atoms with Crippen LogP contribution in [0.4, 0.5) is 20.8 Å². The van der Waals surface area contributed by atoms with Crippen LogP contribution in [0.5, 0.6) is 0 Å². The van der Waals surface area contributed by atoms with Crippen molar-refractivity contribution in [3.05, 3.63) is 41.4 Å². The predicted octanol–water partition coefficient (Wildman–Crippen LogP) is 4.12. The number of aromatic nitrogens is 4. The van der Waals surface area contributed by atoms with E-state index in [0.29, 0.717) is 34.5 Å². The van der Waals surface area contributed by atoms with Gasteiger partial charge >= 0.3 is 6.09 Å². The number of alkyl carbamates (subject to hydrolysis) is 1. The summed E-state index contributed by atoms with van der Waals surface area (Å²) in [6, 6.07) is 4.37. The van der Waals surface area contributed by atoms with E-state index in [-0.39, 0.29) is 23.3 Å². The zero-order chi connectivity index (χ0) is 23.4. The molecular weight excluding hydrogens is 437 g/mol. The molecule has 0 saturated heterocycles. The molecule has 3 rings (SSSR count). The van der Waals surface area contributed by atoms with Crippen LogP contribution < -0.4 is 16.4 Å². The first-order chi connectivity index (χ1) is 15.2. The third kappa shape index (κ3) is 5.25. The summed E-state index contributed by atoms with van der Waals surface area (Å²) in [6.07, 6.45) is 2.79. The number of anilines is 2. The van der Waals surface area contributed by atoms with E-state index in [1.54, 1.807) is 23.1 Å². The zero-order valence-electron chi connectivity index (χ0n) is 18.2. The lowest BCUT2D eigenvalue weighted by Gasteiger charge is -2.14. The summed E-state index contributed by atoms with van der Waals surface area (Å²) < 4.78 is 21.2. The molecule has 1 amide bonds. The molecule has 0 aliphatic heterocycles. The molecule has 3 aromatic rings. The van der Waals surface area contributed by atoms with Gasteiger partial charge in [0.15, 0.2) is 5.82 Å². The fourth-order valence-corrected chi connectivity index (χ4v) is 3.21. The Balaban J connectivity index is 1.96. The summed E-state index contributed by atoms with van der Waals surface area (Å²) in [6.45, 7) is 6.10. The van der Waals surface area contributed by atoms with E-state index in [1.165, 1.54) is 19.2 Å². The SMILES string of the molecule is COC(=O)N[C@@H](C)CNc1nccc(-c2nn(C(C)C)cc2-c2cc(Cl)cc(N)c2F)n1. The quantitative estimate of drug-likeness (QED) is 0.452. The Hall–Kier alpha value is -3.40. The number of hydrogen-bond acceptors (Lipinski definition) is 7. The lowest BCUT2D eigenvalue weighted by molar-refractivity contribution is 0.168. The van der Waals surface area contributed by atoms with E-state index in [2.05, 4.69) is 30.4 Å². The maximum Gasteiger partial charge on any atom is 0.407 e. The molecule has 170 valence electrons. The van der Waals surface area contributed by atoms with Gasteiger partial charge in [-0.15, -0.1) is 0 Å². The van der Waals surface area contributed by atoms with Crippen molar-refractivity contribution >= 4 is 29.3 Å². The molecular formula is C21H25ClFN7O2. The number of amides is 1. The molecule has 0 bridgehead atoms. The Morgan fingerprint density at radius 3 is 2.75 bits per heavy atom. The van der Waals surface area contributed by atoms with E-state index in [9.17, 15) is 9.18 Å². The molecule has 0 spiro atoms. The molecule has 0 aliphatic rings. The second-order valence-corrected chi connectivity index (χ2v) is 7.94. The number of nitrogens with one attached hydrogen (secondary N) is 2. The van der Waals surface area contributed by atoms with Crippen LogP contribution in [-0.2, 0) is 4.74 Å². The lowest BCUT2D eigenvalue weighted by Crippen LogP contribution is -2.37. The number of methoxy groups -OCH3 is 1. The van der Waals surface area contributed by atoms with Crippen LogP contribution in [0.25, 0.3) is 22.5 Å². The fourth-order valence-electron chi connectivity index (χ4n) is 2.98. The van der Waals surface area contributed by atoms with Gasteiger partial charge in [-0.2, -0.15) is 5.10 Å². The monoisotopic (exact) mass is 461 g/mol. The maximum atomic E-state index is 14.9. The van der Waals surface area contributed by atoms with Crippen LogP contribution in [0.15, 0.2) is 30.6 Å². The smallest absolute Gasteiger partial charge is 0.407 e. The van der Waals surface area contributed by atoms with Gasteiger partial charge in [-0.1, -0.05) is 11.6 Å². The summed E-state index contributed by atoms with van der Waals surface area (Å²) in [5.41, 5.74) is 7.44. The van der Waals surface area contributed by atoms with Crippen molar-refractivity contribution in [3.8, 4) is 22.5 Å². The average molecular weight is 462 g/mol. The number of rotatable bonds is 7. The first-order valence-corrected chi connectivity index (χ1v) is 10.3. The maximum absolute atomic E-state index is 14.9. The minimum atomic E-state index is -0.575. The number of hydrogen-bond donors (Lipinski definition) is 3. The van der Waals surface area contributed by atoms with Crippen LogP contribution >= 0.6 is 11.6 Å². The van der Waals surface area contributed by atoms with E-state index < -0.39 is 11.9 Å². The molecule has 0 radical (unpaired) electrons. The topological polar surface area (TPSA) is 120 Å². The minimum Gasteiger partial charge on any atom is -0.453 e. The Morgan fingerprint density at radius 2 is 2.06 bits per heavy atom. The van der Waals surface area contributed by atoms with Crippen LogP contribution in [-0.4, -0.2) is 45.5 Å². The number of nitrogens with zero attached hydrogens (tertiary/aromatic N) is 4. The number of carbonyl (C=O) groups is 1. The molecule has 1 aromatic carbocycles. The minimum absolute atomic E-state index is 0.0340. The largest absolute Gasteiger partial charge is 0.453 e. The van der Waals surface area contributed by atoms with Crippen molar-refractivity contribution < 1.29 is 13.9 Å². The van der Waals surface area contributed by atoms with Gasteiger partial charge in [0, 0.05) is 47.2 Å². The highest BCUT2D eigenvalue weighted by Crippen LogP contribution is 2.36. The van der Waals surface area contributed by atoms with Gasteiger partial charge < -0.3 is 21.1 Å². The van der Waals surface area contributed by atoms with E-state index >= 15 is 0 Å². The second-order valence-electron chi connectivity index (χ2n) is 7.51. The van der Waals surface area contributed by atoms with Crippen LogP contribution in [0.3, 0.4) is 0 Å². The molecule has 0 aliphatic carbocycles. The second kappa shape index (κ2) is 9.82. The summed E-state index contributed by atoms with van der Waals surface area (Å²) in [7, 11) is 1.30. The number of carbonyl (C=O) groups excluding carboxylic acids is 1. The Kier molecular flexibility index (Phi) is 7.14. The molecule has 2 heterocycles. The first kappa shape index (κ1) is 23.3. The molecule has 32 heavy (non-hydrogen) atoms. The summed E-state index contributed by atoms with van der Waals surface area (Å²) in [4.78, 5) is 20.1.